The number of cyclic esters (lactones) is 1. The first kappa shape index (κ1) is 20.8. The first-order valence-corrected chi connectivity index (χ1v) is 9.20. The smallest absolute Gasteiger partial charge is 0.414 e. The number of rotatable bonds is 5. The number of aliphatic hydroxyl groups is 1. The fourth-order valence-electron chi connectivity index (χ4n) is 3.18. The Hall–Kier alpha value is -2.92. The van der Waals surface area contributed by atoms with Crippen molar-refractivity contribution in [2.45, 2.75) is 13.0 Å². The molecule has 1 aromatic rings. The summed E-state index contributed by atoms with van der Waals surface area (Å²) in [5.74, 6) is -1.30. The number of aliphatic hydroxyl groups excluding tert-OH is 1. The van der Waals surface area contributed by atoms with Crippen LogP contribution in [0.15, 0.2) is 18.2 Å². The van der Waals surface area contributed by atoms with Crippen LogP contribution >= 0.6 is 0 Å². The van der Waals surface area contributed by atoms with Crippen molar-refractivity contribution >= 4 is 29.3 Å². The lowest BCUT2D eigenvalue weighted by molar-refractivity contribution is -0.184. The van der Waals surface area contributed by atoms with E-state index in [0.29, 0.717) is 24.5 Å². The van der Waals surface area contributed by atoms with E-state index in [1.54, 1.807) is 17.0 Å². The maximum atomic E-state index is 14.8. The number of benzene rings is 1. The third-order valence-electron chi connectivity index (χ3n) is 4.63. The van der Waals surface area contributed by atoms with E-state index in [2.05, 4.69) is 5.32 Å². The molecular weight excluding hydrogens is 387 g/mol. The van der Waals surface area contributed by atoms with Gasteiger partial charge in [-0.05, 0) is 18.2 Å². The maximum absolute atomic E-state index is 14.8. The molecule has 1 aromatic carbocycles. The Bertz CT molecular complexity index is 792. The van der Waals surface area contributed by atoms with E-state index in [9.17, 15) is 18.8 Å². The monoisotopic (exact) mass is 410 g/mol. The van der Waals surface area contributed by atoms with Crippen molar-refractivity contribution in [2.24, 2.45) is 0 Å². The predicted molar refractivity (Wildman–Crippen MR) is 99.7 cm³/mol. The molecule has 0 radical (unpaired) electrons. The molecule has 29 heavy (non-hydrogen) atoms. The van der Waals surface area contributed by atoms with Gasteiger partial charge in [0, 0.05) is 20.0 Å². The highest BCUT2D eigenvalue weighted by Gasteiger charge is 2.33. The van der Waals surface area contributed by atoms with E-state index in [1.807, 2.05) is 0 Å². The fourth-order valence-corrected chi connectivity index (χ4v) is 3.18. The van der Waals surface area contributed by atoms with Crippen molar-refractivity contribution in [1.82, 2.24) is 10.4 Å². The van der Waals surface area contributed by atoms with Crippen molar-refractivity contribution in [3.63, 3.8) is 0 Å². The molecule has 2 aliphatic rings. The summed E-state index contributed by atoms with van der Waals surface area (Å²) in [7, 11) is 0. The summed E-state index contributed by atoms with van der Waals surface area (Å²) in [6.07, 6.45) is -1.11. The number of amides is 3. The largest absolute Gasteiger partial charge is 0.442 e. The van der Waals surface area contributed by atoms with Gasteiger partial charge in [-0.25, -0.2) is 14.2 Å². The number of anilines is 2. The van der Waals surface area contributed by atoms with E-state index in [4.69, 9.17) is 14.7 Å². The van der Waals surface area contributed by atoms with Gasteiger partial charge in [-0.1, -0.05) is 0 Å². The molecule has 0 spiro atoms. The third kappa shape index (κ3) is 4.93. The minimum Gasteiger partial charge on any atom is -0.442 e. The van der Waals surface area contributed by atoms with Gasteiger partial charge in [-0.3, -0.25) is 19.3 Å². The van der Waals surface area contributed by atoms with Crippen LogP contribution in [-0.4, -0.2) is 80.1 Å². The summed E-state index contributed by atoms with van der Waals surface area (Å²) >= 11 is 0. The third-order valence-corrected chi connectivity index (χ3v) is 4.63. The Labute approximate surface area is 166 Å². The van der Waals surface area contributed by atoms with Gasteiger partial charge >= 0.3 is 6.09 Å². The number of hydroxylamine groups is 2. The Balaban J connectivity index is 1.66. The van der Waals surface area contributed by atoms with Crippen LogP contribution < -0.4 is 15.1 Å². The average Bonchev–Trinajstić information content (AvgIpc) is 2.90. The van der Waals surface area contributed by atoms with E-state index in [-0.39, 0.29) is 32.1 Å². The number of hydrogen-bond acceptors (Lipinski definition) is 7. The Kier molecular flexibility index (Phi) is 6.49. The molecule has 3 amide bonds. The summed E-state index contributed by atoms with van der Waals surface area (Å²) in [6, 6.07) is 4.42. The van der Waals surface area contributed by atoms with Gasteiger partial charge in [0.1, 0.15) is 18.5 Å². The molecule has 2 aliphatic heterocycles. The quantitative estimate of drug-likeness (QED) is 0.695. The van der Waals surface area contributed by atoms with Crippen molar-refractivity contribution in [1.29, 1.82) is 0 Å². The van der Waals surface area contributed by atoms with E-state index < -0.39 is 30.5 Å². The Morgan fingerprint density at radius 1 is 1.31 bits per heavy atom. The van der Waals surface area contributed by atoms with Gasteiger partial charge in [-0.2, -0.15) is 0 Å². The number of ether oxygens (including phenoxy) is 1. The van der Waals surface area contributed by atoms with Gasteiger partial charge in [0.05, 0.1) is 37.6 Å². The molecule has 2 fully saturated rings. The molecule has 11 heteroatoms. The molecule has 0 saturated carbocycles. The summed E-state index contributed by atoms with van der Waals surface area (Å²) in [5, 5.41) is 12.6. The zero-order valence-electron chi connectivity index (χ0n) is 16.0. The van der Waals surface area contributed by atoms with Crippen LogP contribution in [0.1, 0.15) is 6.92 Å². The summed E-state index contributed by atoms with van der Waals surface area (Å²) in [6.45, 7) is 2.14. The molecule has 2 N–H and O–H groups in total. The molecule has 1 atom stereocenters. The molecular formula is C18H23FN4O6. The Morgan fingerprint density at radius 2 is 2.10 bits per heavy atom. The predicted octanol–water partition coefficient (Wildman–Crippen LogP) is -0.141. The molecule has 158 valence electrons. The minimum absolute atomic E-state index is 0.163. The molecule has 0 aromatic heterocycles. The second-order valence-corrected chi connectivity index (χ2v) is 6.66. The lowest BCUT2D eigenvalue weighted by Gasteiger charge is -2.23. The number of carbonyl (C=O) groups excluding carboxylic acids is 3. The number of nitrogens with one attached hydrogen (secondary N) is 1. The van der Waals surface area contributed by atoms with Gasteiger partial charge in [0.25, 0.3) is 5.91 Å². The maximum Gasteiger partial charge on any atom is 0.414 e. The van der Waals surface area contributed by atoms with Crippen molar-refractivity contribution in [3.8, 4) is 0 Å². The minimum atomic E-state index is -0.655. The second kappa shape index (κ2) is 9.05. The molecule has 1 unspecified atom stereocenters. The van der Waals surface area contributed by atoms with Gasteiger partial charge in [0.15, 0.2) is 0 Å². The lowest BCUT2D eigenvalue weighted by Crippen LogP contribution is -2.36. The van der Waals surface area contributed by atoms with Crippen LogP contribution in [0.3, 0.4) is 0 Å². The van der Waals surface area contributed by atoms with Gasteiger partial charge in [0.2, 0.25) is 5.91 Å². The highest BCUT2D eigenvalue weighted by molar-refractivity contribution is 5.90. The number of hydrogen-bond donors (Lipinski definition) is 2. The molecule has 2 heterocycles. The number of carbonyl (C=O) groups is 3. The molecule has 3 rings (SSSR count). The highest BCUT2D eigenvalue weighted by atomic mass is 19.1. The van der Waals surface area contributed by atoms with E-state index >= 15 is 0 Å². The SMILES string of the molecule is CC(=O)NCC1CN(c2ccc(N3CCON(C(=O)CO)CC3)c(F)c2)C(=O)O1. The number of nitrogens with zero attached hydrogens (tertiary/aromatic N) is 3. The summed E-state index contributed by atoms with van der Waals surface area (Å²) < 4.78 is 20.0. The standard InChI is InChI=1S/C18H23FN4O6/c1-12(25)20-9-14-10-22(18(27)29-14)13-2-3-16(15(19)8-13)21-4-5-23(17(26)11-24)28-7-6-21/h2-3,8,14,24H,4-7,9-11H2,1H3,(H,20,25). The topological polar surface area (TPSA) is 112 Å². The average molecular weight is 410 g/mol. The van der Waals surface area contributed by atoms with Crippen molar-refractivity contribution in [2.75, 3.05) is 55.7 Å². The van der Waals surface area contributed by atoms with E-state index in [1.165, 1.54) is 17.9 Å². The molecule has 0 bridgehead atoms. The van der Waals surface area contributed by atoms with Crippen molar-refractivity contribution < 1.29 is 33.5 Å². The lowest BCUT2D eigenvalue weighted by atomic mass is 10.2. The van der Waals surface area contributed by atoms with Crippen LogP contribution in [0.25, 0.3) is 0 Å². The zero-order chi connectivity index (χ0) is 21.0. The van der Waals surface area contributed by atoms with Crippen LogP contribution in [0, 0.1) is 5.82 Å². The van der Waals surface area contributed by atoms with Crippen LogP contribution in [0.5, 0.6) is 0 Å². The van der Waals surface area contributed by atoms with Gasteiger partial charge in [-0.15, -0.1) is 0 Å². The number of halogens is 1. The van der Waals surface area contributed by atoms with Crippen LogP contribution in [0.4, 0.5) is 20.6 Å². The van der Waals surface area contributed by atoms with Crippen molar-refractivity contribution in [3.05, 3.63) is 24.0 Å². The summed E-state index contributed by atoms with van der Waals surface area (Å²) in [5.41, 5.74) is 0.669. The molecule has 2 saturated heterocycles. The second-order valence-electron chi connectivity index (χ2n) is 6.66. The zero-order valence-corrected chi connectivity index (χ0v) is 16.0. The molecule has 10 nitrogen and oxygen atoms in total. The van der Waals surface area contributed by atoms with Crippen LogP contribution in [-0.2, 0) is 19.2 Å². The van der Waals surface area contributed by atoms with Gasteiger partial charge < -0.3 is 20.1 Å². The fraction of sp³-hybridized carbons (Fsp3) is 0.500. The molecule has 0 aliphatic carbocycles. The van der Waals surface area contributed by atoms with E-state index in [0.717, 1.165) is 5.06 Å². The summed E-state index contributed by atoms with van der Waals surface area (Å²) in [4.78, 5) is 43.0. The highest BCUT2D eigenvalue weighted by Crippen LogP contribution is 2.28. The first-order chi connectivity index (χ1) is 13.9. The Morgan fingerprint density at radius 3 is 2.79 bits per heavy atom. The van der Waals surface area contributed by atoms with Crippen LogP contribution in [0.2, 0.25) is 0 Å². The normalized spacial score (nSPS) is 19.8. The first-order valence-electron chi connectivity index (χ1n) is 9.20.